The average molecular weight is 271 g/mol. The Bertz CT molecular complexity index is 498. The molecule has 1 heterocycles. The maximum Gasteiger partial charge on any atom is 0.232 e. The van der Waals surface area contributed by atoms with Crippen LogP contribution in [0.4, 0.5) is 11.4 Å². The lowest BCUT2D eigenvalue weighted by atomic mass is 9.68. The topological polar surface area (TPSA) is 41.1 Å². The molecule has 1 fully saturated rings. The van der Waals surface area contributed by atoms with E-state index in [0.717, 1.165) is 24.9 Å². The van der Waals surface area contributed by atoms with Crippen molar-refractivity contribution >= 4 is 40.5 Å². The van der Waals surface area contributed by atoms with E-state index in [1.54, 1.807) is 12.1 Å². The number of benzene rings is 1. The molecule has 0 atom stereocenters. The van der Waals surface area contributed by atoms with Gasteiger partial charge in [-0.1, -0.05) is 29.6 Å². The van der Waals surface area contributed by atoms with Gasteiger partial charge in [-0.3, -0.25) is 4.79 Å². The highest BCUT2D eigenvalue weighted by atomic mass is 35.5. The van der Waals surface area contributed by atoms with E-state index in [1.807, 2.05) is 0 Å². The number of amides is 1. The van der Waals surface area contributed by atoms with Gasteiger partial charge in [-0.15, -0.1) is 0 Å². The van der Waals surface area contributed by atoms with Crippen LogP contribution in [0.5, 0.6) is 0 Å². The zero-order valence-corrected chi connectivity index (χ0v) is 10.7. The molecule has 1 aliphatic carbocycles. The molecule has 3 nitrogen and oxygen atoms in total. The summed E-state index contributed by atoms with van der Waals surface area (Å²) in [5.74, 6) is 0.0911. The second kappa shape index (κ2) is 3.79. The number of rotatable bonds is 0. The van der Waals surface area contributed by atoms with Gasteiger partial charge in [0.1, 0.15) is 0 Å². The zero-order chi connectivity index (χ0) is 12.0. The van der Waals surface area contributed by atoms with E-state index in [1.165, 1.54) is 0 Å². The van der Waals surface area contributed by atoms with Crippen molar-refractivity contribution in [2.24, 2.45) is 5.41 Å². The van der Waals surface area contributed by atoms with Gasteiger partial charge in [0, 0.05) is 6.54 Å². The number of hydrogen-bond acceptors (Lipinski definition) is 2. The summed E-state index contributed by atoms with van der Waals surface area (Å²) >= 11 is 11.9. The summed E-state index contributed by atoms with van der Waals surface area (Å²) in [5, 5.41) is 7.18. The lowest BCUT2D eigenvalue weighted by Gasteiger charge is -2.38. The van der Waals surface area contributed by atoms with E-state index in [0.29, 0.717) is 22.3 Å². The molecule has 1 amide bonds. The highest BCUT2D eigenvalue weighted by Crippen LogP contribution is 2.45. The Hall–Kier alpha value is -0.930. The third kappa shape index (κ3) is 1.69. The van der Waals surface area contributed by atoms with Crippen LogP contribution < -0.4 is 10.6 Å². The Kier molecular flexibility index (Phi) is 2.49. The van der Waals surface area contributed by atoms with E-state index in [-0.39, 0.29) is 11.3 Å². The second-order valence-corrected chi connectivity index (χ2v) is 5.57. The van der Waals surface area contributed by atoms with Crippen molar-refractivity contribution in [2.75, 3.05) is 17.2 Å². The van der Waals surface area contributed by atoms with Crippen LogP contribution >= 0.6 is 23.2 Å². The molecule has 2 N–H and O–H groups in total. The molecule has 1 saturated carbocycles. The maximum atomic E-state index is 12.2. The Balaban J connectivity index is 1.99. The molecule has 0 aromatic heterocycles. The lowest BCUT2D eigenvalue weighted by molar-refractivity contribution is -0.129. The van der Waals surface area contributed by atoms with Crippen LogP contribution in [0.3, 0.4) is 0 Å². The summed E-state index contributed by atoms with van der Waals surface area (Å²) < 4.78 is 0. The fraction of sp³-hybridized carbons (Fsp3) is 0.417. The third-order valence-electron chi connectivity index (χ3n) is 3.72. The molecule has 5 heteroatoms. The van der Waals surface area contributed by atoms with Crippen molar-refractivity contribution in [2.45, 2.75) is 19.3 Å². The number of halogens is 2. The summed E-state index contributed by atoms with van der Waals surface area (Å²) in [5.41, 5.74) is 1.32. The van der Waals surface area contributed by atoms with Gasteiger partial charge in [-0.25, -0.2) is 0 Å². The molecular formula is C12H12Cl2N2O. The summed E-state index contributed by atoms with van der Waals surface area (Å²) in [7, 11) is 0. The van der Waals surface area contributed by atoms with E-state index in [9.17, 15) is 4.79 Å². The van der Waals surface area contributed by atoms with E-state index in [2.05, 4.69) is 10.6 Å². The summed E-state index contributed by atoms with van der Waals surface area (Å²) in [6.45, 7) is 0.670. The molecule has 1 spiro atoms. The normalized spacial score (nSPS) is 20.9. The van der Waals surface area contributed by atoms with Gasteiger partial charge < -0.3 is 10.6 Å². The van der Waals surface area contributed by atoms with E-state index in [4.69, 9.17) is 23.2 Å². The predicted octanol–water partition coefficient (Wildman–Crippen LogP) is 3.53. The second-order valence-electron chi connectivity index (χ2n) is 4.75. The first-order valence-corrected chi connectivity index (χ1v) is 6.41. The van der Waals surface area contributed by atoms with E-state index < -0.39 is 0 Å². The third-order valence-corrected chi connectivity index (χ3v) is 4.44. The Labute approximate surface area is 109 Å². The maximum absolute atomic E-state index is 12.2. The number of hydrogen-bond donors (Lipinski definition) is 2. The minimum absolute atomic E-state index is 0.0911. The molecule has 3 rings (SSSR count). The molecule has 0 bridgehead atoms. The van der Waals surface area contributed by atoms with Crippen LogP contribution in [0.15, 0.2) is 12.1 Å². The Morgan fingerprint density at radius 1 is 1.12 bits per heavy atom. The van der Waals surface area contributed by atoms with Crippen molar-refractivity contribution in [1.29, 1.82) is 0 Å². The monoisotopic (exact) mass is 270 g/mol. The molecule has 0 saturated heterocycles. The van der Waals surface area contributed by atoms with Gasteiger partial charge >= 0.3 is 0 Å². The van der Waals surface area contributed by atoms with Crippen LogP contribution in [-0.4, -0.2) is 12.5 Å². The zero-order valence-electron chi connectivity index (χ0n) is 9.15. The van der Waals surface area contributed by atoms with Gasteiger partial charge in [0.25, 0.3) is 0 Å². The molecule has 1 aromatic carbocycles. The number of anilines is 2. The van der Waals surface area contributed by atoms with Crippen molar-refractivity contribution in [1.82, 2.24) is 0 Å². The fourth-order valence-corrected chi connectivity index (χ4v) is 2.73. The van der Waals surface area contributed by atoms with Crippen molar-refractivity contribution in [3.05, 3.63) is 22.2 Å². The van der Waals surface area contributed by atoms with E-state index >= 15 is 0 Å². The SMILES string of the molecule is O=C1Nc2cc(Cl)c(Cl)cc2NCC12CCC2. The van der Waals surface area contributed by atoms with Crippen molar-refractivity contribution in [3.63, 3.8) is 0 Å². The Morgan fingerprint density at radius 2 is 1.76 bits per heavy atom. The first-order chi connectivity index (χ1) is 8.11. The van der Waals surface area contributed by atoms with Crippen LogP contribution in [0.1, 0.15) is 19.3 Å². The largest absolute Gasteiger partial charge is 0.382 e. The van der Waals surface area contributed by atoms with Crippen LogP contribution in [0, 0.1) is 5.41 Å². The minimum atomic E-state index is -0.238. The average Bonchev–Trinajstić information content (AvgIpc) is 2.35. The van der Waals surface area contributed by atoms with Gasteiger partial charge in [-0.05, 0) is 25.0 Å². The lowest BCUT2D eigenvalue weighted by Crippen LogP contribution is -2.45. The smallest absolute Gasteiger partial charge is 0.232 e. The molecular weight excluding hydrogens is 259 g/mol. The minimum Gasteiger partial charge on any atom is -0.382 e. The number of carbonyl (C=O) groups is 1. The Morgan fingerprint density at radius 3 is 2.35 bits per heavy atom. The summed E-state index contributed by atoms with van der Waals surface area (Å²) in [6, 6.07) is 3.46. The fourth-order valence-electron chi connectivity index (χ4n) is 2.40. The highest BCUT2D eigenvalue weighted by molar-refractivity contribution is 6.42. The van der Waals surface area contributed by atoms with Crippen LogP contribution in [-0.2, 0) is 4.79 Å². The van der Waals surface area contributed by atoms with Crippen LogP contribution in [0.25, 0.3) is 0 Å². The predicted molar refractivity (Wildman–Crippen MR) is 69.9 cm³/mol. The van der Waals surface area contributed by atoms with Gasteiger partial charge in [0.15, 0.2) is 0 Å². The summed E-state index contributed by atoms with van der Waals surface area (Å²) in [4.78, 5) is 12.2. The molecule has 0 radical (unpaired) electrons. The molecule has 1 aromatic rings. The molecule has 1 aliphatic heterocycles. The van der Waals surface area contributed by atoms with Gasteiger partial charge in [-0.2, -0.15) is 0 Å². The van der Waals surface area contributed by atoms with Crippen molar-refractivity contribution < 1.29 is 4.79 Å². The first kappa shape index (κ1) is 11.2. The molecule has 0 unspecified atom stereocenters. The first-order valence-electron chi connectivity index (χ1n) is 5.65. The molecule has 90 valence electrons. The number of fused-ring (bicyclic) bond motifs is 1. The van der Waals surface area contributed by atoms with Crippen molar-refractivity contribution in [3.8, 4) is 0 Å². The molecule has 2 aliphatic rings. The van der Waals surface area contributed by atoms with Gasteiger partial charge in [0.05, 0.1) is 26.8 Å². The highest BCUT2D eigenvalue weighted by Gasteiger charge is 2.45. The number of carbonyl (C=O) groups excluding carboxylic acids is 1. The van der Waals surface area contributed by atoms with Gasteiger partial charge in [0.2, 0.25) is 5.91 Å². The quantitative estimate of drug-likeness (QED) is 0.757. The molecule has 17 heavy (non-hydrogen) atoms. The standard InChI is InChI=1S/C12H12Cl2N2O/c13-7-4-9-10(5-8(7)14)16-11(17)12(6-15-9)2-1-3-12/h4-5,15H,1-3,6H2,(H,16,17). The summed E-state index contributed by atoms with van der Waals surface area (Å²) in [6.07, 6.45) is 3.01. The number of nitrogens with one attached hydrogen (secondary N) is 2. The van der Waals surface area contributed by atoms with Crippen LogP contribution in [0.2, 0.25) is 10.0 Å².